The van der Waals surface area contributed by atoms with Crippen LogP contribution < -0.4 is 5.32 Å². The third-order valence-electron chi connectivity index (χ3n) is 4.64. The van der Waals surface area contributed by atoms with E-state index in [0.717, 1.165) is 32.8 Å². The highest BCUT2D eigenvalue weighted by Crippen LogP contribution is 2.33. The van der Waals surface area contributed by atoms with Crippen LogP contribution in [0.3, 0.4) is 0 Å². The quantitative estimate of drug-likeness (QED) is 0.329. The highest BCUT2D eigenvalue weighted by Gasteiger charge is 2.46. The Morgan fingerprint density at radius 1 is 0.966 bits per heavy atom. The predicted molar refractivity (Wildman–Crippen MR) is 105 cm³/mol. The number of allylic oxidation sites excluding steroid dienone is 1. The number of nitrogens with zero attached hydrogens (tertiary/aromatic N) is 1. The smallest absolute Gasteiger partial charge is 0.336 e. The summed E-state index contributed by atoms with van der Waals surface area (Å²) in [6.45, 7) is 5.16. The normalized spacial score (nSPS) is 18.6. The highest BCUT2D eigenvalue weighted by atomic mass is 16.5. The lowest BCUT2D eigenvalue weighted by Crippen LogP contribution is -2.43. The zero-order valence-corrected chi connectivity index (χ0v) is 17.7. The minimum Gasteiger partial charge on any atom is -0.468 e. The average Bonchev–Trinajstić information content (AvgIpc) is 2.70. The first-order valence-corrected chi connectivity index (χ1v) is 9.63. The van der Waals surface area contributed by atoms with E-state index in [-0.39, 0.29) is 11.3 Å². The number of methoxy groups -OCH3 is 2. The van der Waals surface area contributed by atoms with Crippen LogP contribution in [0.2, 0.25) is 0 Å². The van der Waals surface area contributed by atoms with Crippen molar-refractivity contribution in [2.24, 2.45) is 16.8 Å². The number of amides is 1. The van der Waals surface area contributed by atoms with Crippen molar-refractivity contribution < 1.29 is 33.4 Å². The summed E-state index contributed by atoms with van der Waals surface area (Å²) in [7, 11) is 2.34. The van der Waals surface area contributed by atoms with Crippen molar-refractivity contribution >= 4 is 29.5 Å². The number of unbranched alkanes of at least 4 members (excludes halogenated alkanes) is 3. The Hall–Kier alpha value is -2.71. The van der Waals surface area contributed by atoms with Gasteiger partial charge in [0.15, 0.2) is 6.61 Å². The van der Waals surface area contributed by atoms with Gasteiger partial charge in [-0.25, -0.2) is 4.79 Å². The van der Waals surface area contributed by atoms with Gasteiger partial charge in [0.05, 0.1) is 19.8 Å². The van der Waals surface area contributed by atoms with E-state index in [4.69, 9.17) is 14.2 Å². The van der Waals surface area contributed by atoms with Gasteiger partial charge in [0.1, 0.15) is 11.8 Å². The molecule has 0 radical (unpaired) electrons. The molecular formula is C20H30N2O7. The molecule has 1 N–H and O–H groups in total. The molecule has 0 aliphatic carbocycles. The van der Waals surface area contributed by atoms with Crippen LogP contribution in [0.1, 0.15) is 46.5 Å². The Kier molecular flexibility index (Phi) is 10.1. The summed E-state index contributed by atoms with van der Waals surface area (Å²) >= 11 is 0. The molecule has 1 amide bonds. The van der Waals surface area contributed by atoms with Gasteiger partial charge in [-0.05, 0) is 20.3 Å². The molecule has 1 aliphatic rings. The predicted octanol–water partition coefficient (Wildman–Crippen LogP) is 1.55. The molecule has 0 spiro atoms. The van der Waals surface area contributed by atoms with E-state index < -0.39 is 42.3 Å². The SMILES string of the molecule is CCCCCCNC(=O)COC(=O)[C@@H]1C(C(=O)OC)=C(C)N=C(C)C1C(=O)OC. The van der Waals surface area contributed by atoms with Gasteiger partial charge in [0.2, 0.25) is 0 Å². The molecule has 162 valence electrons. The Bertz CT molecular complexity index is 697. The van der Waals surface area contributed by atoms with E-state index in [1.807, 2.05) is 0 Å². The van der Waals surface area contributed by atoms with Crippen molar-refractivity contribution in [3.8, 4) is 0 Å². The zero-order valence-electron chi connectivity index (χ0n) is 17.7. The van der Waals surface area contributed by atoms with Gasteiger partial charge in [-0.3, -0.25) is 19.4 Å². The minimum atomic E-state index is -1.30. The summed E-state index contributed by atoms with van der Waals surface area (Å²) in [5.41, 5.74) is 0.472. The highest BCUT2D eigenvalue weighted by molar-refractivity contribution is 6.10. The van der Waals surface area contributed by atoms with Crippen molar-refractivity contribution in [3.63, 3.8) is 0 Å². The molecule has 0 saturated carbocycles. The van der Waals surface area contributed by atoms with Crippen LogP contribution in [0.25, 0.3) is 0 Å². The number of carbonyl (C=O) groups is 4. The van der Waals surface area contributed by atoms with Crippen molar-refractivity contribution in [1.82, 2.24) is 5.32 Å². The average molecular weight is 410 g/mol. The van der Waals surface area contributed by atoms with Crippen molar-refractivity contribution in [1.29, 1.82) is 0 Å². The van der Waals surface area contributed by atoms with E-state index in [9.17, 15) is 19.2 Å². The van der Waals surface area contributed by atoms with Gasteiger partial charge in [-0.15, -0.1) is 0 Å². The molecular weight excluding hydrogens is 380 g/mol. The molecule has 0 aromatic heterocycles. The minimum absolute atomic E-state index is 0.0847. The Morgan fingerprint density at radius 2 is 1.66 bits per heavy atom. The summed E-state index contributed by atoms with van der Waals surface area (Å²) in [4.78, 5) is 53.4. The second kappa shape index (κ2) is 12.0. The largest absolute Gasteiger partial charge is 0.468 e. The van der Waals surface area contributed by atoms with Crippen LogP contribution >= 0.6 is 0 Å². The van der Waals surface area contributed by atoms with Crippen LogP contribution in [0.5, 0.6) is 0 Å². The summed E-state index contributed by atoms with van der Waals surface area (Å²) in [5, 5.41) is 2.67. The molecule has 29 heavy (non-hydrogen) atoms. The molecule has 1 aliphatic heterocycles. The van der Waals surface area contributed by atoms with Gasteiger partial charge < -0.3 is 19.5 Å². The molecule has 1 rings (SSSR count). The summed E-state index contributed by atoms with van der Waals surface area (Å²) in [5.74, 6) is -5.31. The maximum atomic E-state index is 12.8. The lowest BCUT2D eigenvalue weighted by atomic mass is 9.80. The van der Waals surface area contributed by atoms with E-state index in [1.54, 1.807) is 6.92 Å². The van der Waals surface area contributed by atoms with Gasteiger partial charge >= 0.3 is 17.9 Å². The molecule has 9 heteroatoms. The molecule has 1 heterocycles. The second-order valence-corrected chi connectivity index (χ2v) is 6.74. The van der Waals surface area contributed by atoms with Gasteiger partial charge in [-0.1, -0.05) is 26.2 Å². The third-order valence-corrected chi connectivity index (χ3v) is 4.64. The molecule has 0 aromatic carbocycles. The molecule has 0 saturated heterocycles. The van der Waals surface area contributed by atoms with Gasteiger partial charge in [-0.2, -0.15) is 0 Å². The number of esters is 3. The maximum Gasteiger partial charge on any atom is 0.336 e. The van der Waals surface area contributed by atoms with Crippen LogP contribution in [-0.2, 0) is 33.4 Å². The van der Waals surface area contributed by atoms with E-state index >= 15 is 0 Å². The van der Waals surface area contributed by atoms with E-state index in [2.05, 4.69) is 17.2 Å². The molecule has 1 unspecified atom stereocenters. The molecule has 2 atom stereocenters. The van der Waals surface area contributed by atoms with E-state index in [1.165, 1.54) is 14.0 Å². The van der Waals surface area contributed by atoms with Crippen molar-refractivity contribution in [2.45, 2.75) is 46.5 Å². The fourth-order valence-electron chi connectivity index (χ4n) is 3.16. The standard InChI is InChI=1S/C20H30N2O7/c1-6-7-8-9-10-21-14(23)11-29-20(26)17-15(18(24)27-4)12(2)22-13(3)16(17)19(25)28-5/h15,17H,6-11H2,1-5H3,(H,21,23)/t15?,17-/m0/s1. The molecule has 9 nitrogen and oxygen atoms in total. The molecule has 0 aromatic rings. The Morgan fingerprint density at radius 3 is 2.24 bits per heavy atom. The lowest BCUT2D eigenvalue weighted by Gasteiger charge is -2.29. The van der Waals surface area contributed by atoms with Crippen LogP contribution in [-0.4, -0.2) is 56.9 Å². The zero-order chi connectivity index (χ0) is 22.0. The lowest BCUT2D eigenvalue weighted by molar-refractivity contribution is -0.158. The van der Waals surface area contributed by atoms with Gasteiger partial charge in [0, 0.05) is 18.0 Å². The Balaban J connectivity index is 2.89. The second-order valence-electron chi connectivity index (χ2n) is 6.74. The fourth-order valence-corrected chi connectivity index (χ4v) is 3.16. The number of ether oxygens (including phenoxy) is 3. The monoisotopic (exact) mass is 410 g/mol. The maximum absolute atomic E-state index is 12.8. The first kappa shape index (κ1) is 24.3. The number of nitrogens with one attached hydrogen (secondary N) is 1. The van der Waals surface area contributed by atoms with Crippen LogP contribution in [0.15, 0.2) is 16.3 Å². The number of carbonyl (C=O) groups excluding carboxylic acids is 4. The first-order chi connectivity index (χ1) is 13.8. The summed E-state index contributed by atoms with van der Waals surface area (Å²) in [6, 6.07) is 0. The van der Waals surface area contributed by atoms with Crippen molar-refractivity contribution in [2.75, 3.05) is 27.4 Å². The number of rotatable bonds is 10. The van der Waals surface area contributed by atoms with E-state index in [0.29, 0.717) is 12.3 Å². The number of hydrogen-bond donors (Lipinski definition) is 1. The molecule has 0 bridgehead atoms. The summed E-state index contributed by atoms with van der Waals surface area (Å²) < 4.78 is 14.6. The third kappa shape index (κ3) is 6.69. The Labute approximate surface area is 170 Å². The number of hydrogen-bond acceptors (Lipinski definition) is 8. The fraction of sp³-hybridized carbons (Fsp3) is 0.650. The van der Waals surface area contributed by atoms with Crippen LogP contribution in [0.4, 0.5) is 0 Å². The first-order valence-electron chi connectivity index (χ1n) is 9.63. The molecule has 0 fully saturated rings. The topological polar surface area (TPSA) is 120 Å². The van der Waals surface area contributed by atoms with Crippen LogP contribution in [0, 0.1) is 11.8 Å². The summed E-state index contributed by atoms with van der Waals surface area (Å²) in [6.07, 6.45) is 4.02. The van der Waals surface area contributed by atoms with Gasteiger partial charge in [0.25, 0.3) is 5.91 Å². The number of aliphatic imine (C=N–C) groups is 1. The van der Waals surface area contributed by atoms with Crippen molar-refractivity contribution in [3.05, 3.63) is 11.3 Å².